The molecule has 1 N–H and O–H groups in total. The van der Waals surface area contributed by atoms with E-state index in [-0.39, 0.29) is 30.9 Å². The Morgan fingerprint density at radius 2 is 1.71 bits per heavy atom. The molecule has 0 bridgehead atoms. The monoisotopic (exact) mass is 313 g/mol. The van der Waals surface area contributed by atoms with Crippen LogP contribution in [0.3, 0.4) is 0 Å². The zero-order chi connectivity index (χ0) is 15.9. The van der Waals surface area contributed by atoms with Crippen molar-refractivity contribution in [1.82, 2.24) is 4.31 Å². The first-order valence-electron chi connectivity index (χ1n) is 7.61. The quantitative estimate of drug-likeness (QED) is 0.762. The van der Waals surface area contributed by atoms with Gasteiger partial charge in [-0.05, 0) is 24.3 Å². The van der Waals surface area contributed by atoms with Gasteiger partial charge in [0.1, 0.15) is 0 Å². The molecule has 1 rings (SSSR count). The lowest BCUT2D eigenvalue weighted by Gasteiger charge is -2.30. The highest BCUT2D eigenvalue weighted by Gasteiger charge is 2.29. The number of aliphatic hydroxyl groups is 1. The first-order chi connectivity index (χ1) is 9.96. The van der Waals surface area contributed by atoms with Gasteiger partial charge in [0.15, 0.2) is 0 Å². The van der Waals surface area contributed by atoms with E-state index in [0.717, 1.165) is 18.4 Å². The van der Waals surface area contributed by atoms with Crippen LogP contribution in [-0.2, 0) is 10.0 Å². The molecule has 1 atom stereocenters. The SMILES string of the molecule is CCC(CC)N(CCO)S(=O)(=O)CC(C)c1ccccc1. The minimum Gasteiger partial charge on any atom is -0.395 e. The van der Waals surface area contributed by atoms with E-state index in [2.05, 4.69) is 0 Å². The van der Waals surface area contributed by atoms with E-state index >= 15 is 0 Å². The summed E-state index contributed by atoms with van der Waals surface area (Å²) in [6.07, 6.45) is 1.52. The molecule has 0 saturated heterocycles. The number of aliphatic hydroxyl groups excluding tert-OH is 1. The molecule has 0 radical (unpaired) electrons. The maximum Gasteiger partial charge on any atom is 0.215 e. The number of nitrogens with zero attached hydrogens (tertiary/aromatic N) is 1. The van der Waals surface area contributed by atoms with Crippen LogP contribution in [0.2, 0.25) is 0 Å². The first kappa shape index (κ1) is 18.1. The number of benzene rings is 1. The molecule has 5 heteroatoms. The fraction of sp³-hybridized carbons (Fsp3) is 0.625. The maximum atomic E-state index is 12.7. The average molecular weight is 313 g/mol. The third-order valence-corrected chi connectivity index (χ3v) is 5.97. The van der Waals surface area contributed by atoms with Gasteiger partial charge < -0.3 is 5.11 Å². The van der Waals surface area contributed by atoms with E-state index < -0.39 is 10.0 Å². The molecule has 0 aliphatic rings. The Hall–Kier alpha value is -0.910. The zero-order valence-electron chi connectivity index (χ0n) is 13.2. The molecule has 1 unspecified atom stereocenters. The second-order valence-corrected chi connectivity index (χ2v) is 7.36. The summed E-state index contributed by atoms with van der Waals surface area (Å²) in [5, 5.41) is 9.18. The number of rotatable bonds is 9. The molecule has 0 aromatic heterocycles. The van der Waals surface area contributed by atoms with Crippen molar-refractivity contribution in [2.45, 2.75) is 45.6 Å². The van der Waals surface area contributed by atoms with Crippen molar-refractivity contribution >= 4 is 10.0 Å². The van der Waals surface area contributed by atoms with Crippen LogP contribution in [0, 0.1) is 0 Å². The molecule has 0 amide bonds. The molecule has 1 aromatic carbocycles. The predicted molar refractivity (Wildman–Crippen MR) is 86.8 cm³/mol. The Morgan fingerprint density at radius 1 is 1.14 bits per heavy atom. The van der Waals surface area contributed by atoms with Crippen LogP contribution >= 0.6 is 0 Å². The molecule has 120 valence electrons. The van der Waals surface area contributed by atoms with Crippen molar-refractivity contribution in [2.75, 3.05) is 18.9 Å². The van der Waals surface area contributed by atoms with Gasteiger partial charge in [-0.1, -0.05) is 51.1 Å². The Labute approximate surface area is 128 Å². The van der Waals surface area contributed by atoms with Gasteiger partial charge in [0.25, 0.3) is 0 Å². The van der Waals surface area contributed by atoms with Crippen LogP contribution in [-0.4, -0.2) is 42.8 Å². The first-order valence-corrected chi connectivity index (χ1v) is 9.22. The number of hydrogen-bond donors (Lipinski definition) is 1. The second-order valence-electron chi connectivity index (χ2n) is 5.39. The van der Waals surface area contributed by atoms with Gasteiger partial charge in [-0.3, -0.25) is 0 Å². The minimum atomic E-state index is -3.38. The van der Waals surface area contributed by atoms with Gasteiger partial charge in [0.05, 0.1) is 12.4 Å². The predicted octanol–water partition coefficient (Wildman–Crippen LogP) is 2.60. The van der Waals surface area contributed by atoms with Crippen molar-refractivity contribution < 1.29 is 13.5 Å². The third-order valence-electron chi connectivity index (χ3n) is 3.86. The Balaban J connectivity index is 2.91. The van der Waals surface area contributed by atoms with Crippen LogP contribution in [0.5, 0.6) is 0 Å². The van der Waals surface area contributed by atoms with Gasteiger partial charge in [0, 0.05) is 12.6 Å². The van der Waals surface area contributed by atoms with Crippen LogP contribution in [0.25, 0.3) is 0 Å². The van der Waals surface area contributed by atoms with Crippen molar-refractivity contribution in [3.63, 3.8) is 0 Å². The lowest BCUT2D eigenvalue weighted by Crippen LogP contribution is -2.43. The molecule has 0 fully saturated rings. The topological polar surface area (TPSA) is 57.6 Å². The standard InChI is InChI=1S/C16H27NO3S/c1-4-16(5-2)17(11-12-18)21(19,20)13-14(3)15-9-7-6-8-10-15/h6-10,14,16,18H,4-5,11-13H2,1-3H3. The van der Waals surface area contributed by atoms with Crippen molar-refractivity contribution in [3.8, 4) is 0 Å². The third kappa shape index (κ3) is 5.09. The molecule has 21 heavy (non-hydrogen) atoms. The normalized spacial score (nSPS) is 13.8. The summed E-state index contributed by atoms with van der Waals surface area (Å²) in [5.74, 6) is 0.0137. The highest BCUT2D eigenvalue weighted by molar-refractivity contribution is 7.89. The zero-order valence-corrected chi connectivity index (χ0v) is 14.0. The highest BCUT2D eigenvalue weighted by Crippen LogP contribution is 2.21. The van der Waals surface area contributed by atoms with Gasteiger partial charge >= 0.3 is 0 Å². The fourth-order valence-electron chi connectivity index (χ4n) is 2.63. The maximum absolute atomic E-state index is 12.7. The van der Waals surface area contributed by atoms with Crippen molar-refractivity contribution in [3.05, 3.63) is 35.9 Å². The van der Waals surface area contributed by atoms with Crippen LogP contribution in [0.1, 0.15) is 45.1 Å². The molecule has 0 spiro atoms. The molecule has 1 aromatic rings. The van der Waals surface area contributed by atoms with Crippen LogP contribution < -0.4 is 0 Å². The van der Waals surface area contributed by atoms with Crippen molar-refractivity contribution in [1.29, 1.82) is 0 Å². The molecule has 0 heterocycles. The summed E-state index contributed by atoms with van der Waals surface area (Å²) in [6.45, 7) is 5.92. The Bertz CT molecular complexity index is 498. The Kier molecular flexibility index (Phi) is 7.35. The van der Waals surface area contributed by atoms with E-state index in [9.17, 15) is 13.5 Å². The van der Waals surface area contributed by atoms with E-state index in [4.69, 9.17) is 0 Å². The van der Waals surface area contributed by atoms with Crippen LogP contribution in [0.15, 0.2) is 30.3 Å². The smallest absolute Gasteiger partial charge is 0.215 e. The molecule has 0 aliphatic heterocycles. The van der Waals surface area contributed by atoms with E-state index in [1.54, 1.807) is 0 Å². The molecule has 0 aliphatic carbocycles. The second kappa shape index (κ2) is 8.51. The largest absolute Gasteiger partial charge is 0.395 e. The summed E-state index contributed by atoms with van der Waals surface area (Å²) < 4.78 is 26.8. The molecule has 4 nitrogen and oxygen atoms in total. The summed E-state index contributed by atoms with van der Waals surface area (Å²) in [5.41, 5.74) is 1.02. The molecular weight excluding hydrogens is 286 g/mol. The highest BCUT2D eigenvalue weighted by atomic mass is 32.2. The average Bonchev–Trinajstić information content (AvgIpc) is 2.48. The van der Waals surface area contributed by atoms with Gasteiger partial charge in [-0.15, -0.1) is 0 Å². The summed E-state index contributed by atoms with van der Waals surface area (Å²) in [4.78, 5) is 0. The van der Waals surface area contributed by atoms with Gasteiger partial charge in [-0.2, -0.15) is 4.31 Å². The fourth-order valence-corrected chi connectivity index (χ4v) is 4.76. The van der Waals surface area contributed by atoms with E-state index in [1.807, 2.05) is 51.1 Å². The molecule has 0 saturated carbocycles. The lowest BCUT2D eigenvalue weighted by atomic mass is 10.0. The van der Waals surface area contributed by atoms with E-state index in [0.29, 0.717) is 0 Å². The Morgan fingerprint density at radius 3 is 2.19 bits per heavy atom. The molecular formula is C16H27NO3S. The number of hydrogen-bond acceptors (Lipinski definition) is 3. The summed E-state index contributed by atoms with van der Waals surface area (Å²) in [6, 6.07) is 9.63. The minimum absolute atomic E-state index is 0.0369. The lowest BCUT2D eigenvalue weighted by molar-refractivity contribution is 0.219. The van der Waals surface area contributed by atoms with E-state index in [1.165, 1.54) is 4.31 Å². The van der Waals surface area contributed by atoms with Gasteiger partial charge in [0.2, 0.25) is 10.0 Å². The summed E-state index contributed by atoms with van der Waals surface area (Å²) >= 11 is 0. The van der Waals surface area contributed by atoms with Crippen molar-refractivity contribution in [2.24, 2.45) is 0 Å². The van der Waals surface area contributed by atoms with Gasteiger partial charge in [-0.25, -0.2) is 8.42 Å². The summed E-state index contributed by atoms with van der Waals surface area (Å²) in [7, 11) is -3.38. The number of sulfonamides is 1. The van der Waals surface area contributed by atoms with Crippen LogP contribution in [0.4, 0.5) is 0 Å².